The summed E-state index contributed by atoms with van der Waals surface area (Å²) in [5.74, 6) is -3.09. The van der Waals surface area contributed by atoms with Gasteiger partial charge in [-0.15, -0.1) is 0 Å². The lowest BCUT2D eigenvalue weighted by Crippen LogP contribution is -2.49. The molecule has 20 heavy (non-hydrogen) atoms. The minimum absolute atomic E-state index is 0.0384. The van der Waals surface area contributed by atoms with E-state index in [9.17, 15) is 19.8 Å². The van der Waals surface area contributed by atoms with E-state index in [0.29, 0.717) is 0 Å². The van der Waals surface area contributed by atoms with E-state index in [0.717, 1.165) is 0 Å². The quantitative estimate of drug-likeness (QED) is 0.757. The van der Waals surface area contributed by atoms with Crippen molar-refractivity contribution in [1.29, 1.82) is 0 Å². The first-order valence-corrected chi connectivity index (χ1v) is 6.74. The standard InChI is InChI=1S/C14H22O6/c1-5-19-12(16)10-8(3)11(13(17)20-6-2)14(4,18)7-9(10)15/h8,11,15,18H,5-7H2,1-4H3. The predicted octanol–water partition coefficient (Wildman–Crippen LogP) is 1.33. The summed E-state index contributed by atoms with van der Waals surface area (Å²) in [7, 11) is 0. The van der Waals surface area contributed by atoms with Crippen molar-refractivity contribution in [3.63, 3.8) is 0 Å². The fourth-order valence-electron chi connectivity index (χ4n) is 2.71. The molecule has 1 aliphatic rings. The maximum Gasteiger partial charge on any atom is 0.337 e. The minimum Gasteiger partial charge on any atom is -0.512 e. The molecule has 1 rings (SSSR count). The molecule has 0 heterocycles. The van der Waals surface area contributed by atoms with Gasteiger partial charge in [0.05, 0.1) is 30.3 Å². The van der Waals surface area contributed by atoms with Crippen LogP contribution in [0.15, 0.2) is 11.3 Å². The highest BCUT2D eigenvalue weighted by Crippen LogP contribution is 2.41. The van der Waals surface area contributed by atoms with Gasteiger partial charge < -0.3 is 19.7 Å². The third-order valence-electron chi connectivity index (χ3n) is 3.50. The first-order valence-electron chi connectivity index (χ1n) is 6.74. The first-order chi connectivity index (χ1) is 9.26. The van der Waals surface area contributed by atoms with Crippen LogP contribution in [0.25, 0.3) is 0 Å². The summed E-state index contributed by atoms with van der Waals surface area (Å²) >= 11 is 0. The molecule has 6 nitrogen and oxygen atoms in total. The zero-order chi connectivity index (χ0) is 15.5. The van der Waals surface area contributed by atoms with Gasteiger partial charge >= 0.3 is 11.9 Å². The van der Waals surface area contributed by atoms with Crippen molar-refractivity contribution < 1.29 is 29.3 Å². The van der Waals surface area contributed by atoms with Gasteiger partial charge in [-0.1, -0.05) is 6.92 Å². The van der Waals surface area contributed by atoms with Crippen LogP contribution >= 0.6 is 0 Å². The van der Waals surface area contributed by atoms with Gasteiger partial charge in [-0.05, 0) is 20.8 Å². The third kappa shape index (κ3) is 3.12. The Hall–Kier alpha value is -1.56. The van der Waals surface area contributed by atoms with Crippen molar-refractivity contribution in [3.8, 4) is 0 Å². The van der Waals surface area contributed by atoms with Crippen molar-refractivity contribution in [2.45, 2.75) is 39.7 Å². The van der Waals surface area contributed by atoms with Crippen LogP contribution in [-0.2, 0) is 19.1 Å². The van der Waals surface area contributed by atoms with E-state index in [1.807, 2.05) is 0 Å². The van der Waals surface area contributed by atoms with E-state index >= 15 is 0 Å². The van der Waals surface area contributed by atoms with Crippen molar-refractivity contribution in [2.24, 2.45) is 11.8 Å². The van der Waals surface area contributed by atoms with Crippen LogP contribution in [-0.4, -0.2) is 41.0 Å². The second kappa shape index (κ2) is 6.26. The van der Waals surface area contributed by atoms with E-state index in [1.165, 1.54) is 6.92 Å². The smallest absolute Gasteiger partial charge is 0.337 e. The molecule has 6 heteroatoms. The Kier molecular flexibility index (Phi) is 5.16. The molecule has 0 saturated carbocycles. The molecule has 0 radical (unpaired) electrons. The van der Waals surface area contributed by atoms with E-state index in [1.54, 1.807) is 20.8 Å². The number of aliphatic hydroxyl groups is 2. The van der Waals surface area contributed by atoms with Gasteiger partial charge in [0.25, 0.3) is 0 Å². The van der Waals surface area contributed by atoms with Gasteiger partial charge in [-0.25, -0.2) is 4.79 Å². The van der Waals surface area contributed by atoms with Crippen LogP contribution in [0.5, 0.6) is 0 Å². The van der Waals surface area contributed by atoms with Gasteiger partial charge in [-0.2, -0.15) is 0 Å². The van der Waals surface area contributed by atoms with Crippen molar-refractivity contribution in [3.05, 3.63) is 11.3 Å². The fourth-order valence-corrected chi connectivity index (χ4v) is 2.71. The number of aliphatic hydroxyl groups excluding tert-OH is 1. The zero-order valence-corrected chi connectivity index (χ0v) is 12.3. The maximum atomic E-state index is 12.0. The third-order valence-corrected chi connectivity index (χ3v) is 3.50. The van der Waals surface area contributed by atoms with E-state index in [-0.39, 0.29) is 31.0 Å². The molecule has 0 aliphatic heterocycles. The van der Waals surface area contributed by atoms with Crippen molar-refractivity contribution >= 4 is 11.9 Å². The summed E-state index contributed by atoms with van der Waals surface area (Å²) in [5, 5.41) is 20.3. The molecule has 3 unspecified atom stereocenters. The SMILES string of the molecule is CCOC(=O)C1=C(O)CC(C)(O)C(C(=O)OCC)C1C. The number of esters is 2. The van der Waals surface area contributed by atoms with E-state index in [4.69, 9.17) is 9.47 Å². The molecular weight excluding hydrogens is 264 g/mol. The van der Waals surface area contributed by atoms with Crippen LogP contribution in [0.1, 0.15) is 34.1 Å². The van der Waals surface area contributed by atoms with Gasteiger partial charge in [0.2, 0.25) is 0 Å². The van der Waals surface area contributed by atoms with Crippen molar-refractivity contribution in [2.75, 3.05) is 13.2 Å². The Bertz CT molecular complexity index is 423. The largest absolute Gasteiger partial charge is 0.512 e. The van der Waals surface area contributed by atoms with Gasteiger partial charge in [0.15, 0.2) is 0 Å². The first kappa shape index (κ1) is 16.5. The molecule has 114 valence electrons. The normalized spacial score (nSPS) is 30.1. The maximum absolute atomic E-state index is 12.0. The highest BCUT2D eigenvalue weighted by atomic mass is 16.5. The lowest BCUT2D eigenvalue weighted by Gasteiger charge is -2.39. The minimum atomic E-state index is -1.47. The summed E-state index contributed by atoms with van der Waals surface area (Å²) in [4.78, 5) is 23.9. The predicted molar refractivity (Wildman–Crippen MR) is 70.8 cm³/mol. The summed E-state index contributed by atoms with van der Waals surface area (Å²) < 4.78 is 9.84. The molecule has 0 aromatic carbocycles. The summed E-state index contributed by atoms with van der Waals surface area (Å²) in [5.41, 5.74) is -1.43. The molecule has 0 saturated heterocycles. The Morgan fingerprint density at radius 2 is 1.85 bits per heavy atom. The zero-order valence-electron chi connectivity index (χ0n) is 12.3. The Morgan fingerprint density at radius 1 is 1.30 bits per heavy atom. The Balaban J connectivity index is 3.16. The number of ether oxygens (including phenoxy) is 2. The summed E-state index contributed by atoms with van der Waals surface area (Å²) in [6.45, 7) is 6.72. The van der Waals surface area contributed by atoms with Crippen LogP contribution in [0.2, 0.25) is 0 Å². The Labute approximate surface area is 118 Å². The van der Waals surface area contributed by atoms with Crippen LogP contribution in [0.3, 0.4) is 0 Å². The van der Waals surface area contributed by atoms with Crippen LogP contribution < -0.4 is 0 Å². The number of rotatable bonds is 4. The summed E-state index contributed by atoms with van der Waals surface area (Å²) in [6.07, 6.45) is -0.186. The van der Waals surface area contributed by atoms with Crippen LogP contribution in [0.4, 0.5) is 0 Å². The Morgan fingerprint density at radius 3 is 2.35 bits per heavy atom. The fraction of sp³-hybridized carbons (Fsp3) is 0.714. The number of hydrogen-bond acceptors (Lipinski definition) is 6. The topological polar surface area (TPSA) is 93.1 Å². The molecule has 0 amide bonds. The average Bonchev–Trinajstić information content (AvgIpc) is 2.27. The molecule has 1 aliphatic carbocycles. The molecule has 0 spiro atoms. The van der Waals surface area contributed by atoms with Crippen molar-refractivity contribution in [1.82, 2.24) is 0 Å². The highest BCUT2D eigenvalue weighted by Gasteiger charge is 2.50. The lowest BCUT2D eigenvalue weighted by molar-refractivity contribution is -0.162. The van der Waals surface area contributed by atoms with E-state index in [2.05, 4.69) is 0 Å². The molecule has 0 aromatic heterocycles. The molecule has 0 fully saturated rings. The average molecular weight is 286 g/mol. The van der Waals surface area contributed by atoms with Gasteiger partial charge in [0, 0.05) is 12.3 Å². The molecular formula is C14H22O6. The van der Waals surface area contributed by atoms with Gasteiger partial charge in [0.1, 0.15) is 5.76 Å². The number of carbonyl (C=O) groups excluding carboxylic acids is 2. The summed E-state index contributed by atoms with van der Waals surface area (Å²) in [6, 6.07) is 0. The molecule has 2 N–H and O–H groups in total. The second-order valence-corrected chi connectivity index (χ2v) is 5.13. The van der Waals surface area contributed by atoms with Crippen LogP contribution in [0, 0.1) is 11.8 Å². The monoisotopic (exact) mass is 286 g/mol. The molecule has 3 atom stereocenters. The molecule has 0 aromatic rings. The second-order valence-electron chi connectivity index (χ2n) is 5.13. The number of carbonyl (C=O) groups is 2. The number of hydrogen-bond donors (Lipinski definition) is 2. The van der Waals surface area contributed by atoms with E-state index < -0.39 is 29.4 Å². The van der Waals surface area contributed by atoms with Gasteiger partial charge in [-0.3, -0.25) is 4.79 Å². The lowest BCUT2D eigenvalue weighted by atomic mass is 9.69. The highest BCUT2D eigenvalue weighted by molar-refractivity contribution is 5.91. The molecule has 0 bridgehead atoms.